The Morgan fingerprint density at radius 1 is 1.08 bits per heavy atom. The summed E-state index contributed by atoms with van der Waals surface area (Å²) in [6.45, 7) is 1.70. The summed E-state index contributed by atoms with van der Waals surface area (Å²) in [5, 5.41) is 37.2. The molecule has 9 unspecified atom stereocenters. The molecule has 3 aliphatic rings. The van der Waals surface area contributed by atoms with Crippen molar-refractivity contribution in [1.82, 2.24) is 10.6 Å². The fourth-order valence-corrected chi connectivity index (χ4v) is 3.68. The van der Waals surface area contributed by atoms with Gasteiger partial charge in [-0.15, -0.1) is 0 Å². The number of carbonyl (C=O) groups is 1. The van der Waals surface area contributed by atoms with E-state index >= 15 is 0 Å². The molecule has 0 aromatic carbocycles. The lowest BCUT2D eigenvalue weighted by Crippen LogP contribution is -3.00. The number of halogens is 2. The highest BCUT2D eigenvalue weighted by Gasteiger charge is 2.63. The zero-order valence-corrected chi connectivity index (χ0v) is 15.6. The number of likely N-dealkylation sites (N-methyl/N-ethyl adjacent to an activating group) is 2. The van der Waals surface area contributed by atoms with Gasteiger partial charge in [-0.05, 0) is 21.0 Å². The molecule has 11 heteroatoms. The van der Waals surface area contributed by atoms with Crippen LogP contribution >= 0.6 is 0 Å². The van der Waals surface area contributed by atoms with Crippen LogP contribution in [-0.4, -0.2) is 89.9 Å². The Hall–Kier alpha value is -0.0700. The van der Waals surface area contributed by atoms with Crippen LogP contribution in [0.2, 0.25) is 0 Å². The summed E-state index contributed by atoms with van der Waals surface area (Å²) >= 11 is 0. The molecule has 148 valence electrons. The molecule has 9 nitrogen and oxygen atoms in total. The fraction of sp³-hybridized carbons (Fsp3) is 0.929. The topological polar surface area (TPSA) is 130 Å². The molecule has 3 fully saturated rings. The number of hydrogen-bond acceptors (Lipinski definition) is 9. The van der Waals surface area contributed by atoms with E-state index in [0.29, 0.717) is 0 Å². The first-order valence-corrected chi connectivity index (χ1v) is 7.78. The van der Waals surface area contributed by atoms with Crippen LogP contribution in [0.1, 0.15) is 16.2 Å². The molecule has 0 aromatic rings. The second-order valence-electron chi connectivity index (χ2n) is 6.40. The third kappa shape index (κ3) is 3.55. The zero-order valence-electron chi connectivity index (χ0n) is 16.1. The van der Waals surface area contributed by atoms with Gasteiger partial charge in [-0.1, -0.05) is 0 Å². The lowest BCUT2D eigenvalue weighted by Gasteiger charge is -2.55. The van der Waals surface area contributed by atoms with E-state index in [4.69, 9.17) is 14.2 Å². The average molecular weight is 405 g/mol. The van der Waals surface area contributed by atoms with Gasteiger partial charge in [0.2, 0.25) is 6.29 Å². The molecular weight excluding hydrogens is 379 g/mol. The van der Waals surface area contributed by atoms with Crippen LogP contribution in [0.5, 0.6) is 0 Å². The third-order valence-electron chi connectivity index (χ3n) is 4.93. The summed E-state index contributed by atoms with van der Waals surface area (Å²) in [6.07, 6.45) is -5.58. The first kappa shape index (κ1) is 23.0. The highest BCUT2D eigenvalue weighted by molar-refractivity contribution is 5.87. The zero-order chi connectivity index (χ0) is 16.9. The van der Waals surface area contributed by atoms with E-state index in [1.54, 1.807) is 21.0 Å². The van der Waals surface area contributed by atoms with Gasteiger partial charge in [0, 0.05) is 6.42 Å². The van der Waals surface area contributed by atoms with Gasteiger partial charge in [0.15, 0.2) is 5.78 Å². The van der Waals surface area contributed by atoms with E-state index in [1.165, 1.54) is 0 Å². The van der Waals surface area contributed by atoms with Gasteiger partial charge in [0.05, 0.1) is 24.3 Å². The number of carbonyl (C=O) groups excluding carboxylic acids is 1. The van der Waals surface area contributed by atoms with Gasteiger partial charge >= 0.3 is 2.85 Å². The highest BCUT2D eigenvalue weighted by atomic mass is 35.5. The maximum absolute atomic E-state index is 12.2. The van der Waals surface area contributed by atoms with E-state index in [9.17, 15) is 20.1 Å². The summed E-state index contributed by atoms with van der Waals surface area (Å²) in [6, 6.07) is -1.29. The van der Waals surface area contributed by atoms with Crippen LogP contribution < -0.4 is 35.4 Å². The average Bonchev–Trinajstić information content (AvgIpc) is 2.49. The molecular formula is C14H26Cl2N2O7. The first-order valence-electron chi connectivity index (χ1n) is 7.78. The molecule has 0 radical (unpaired) electrons. The molecule has 25 heavy (non-hydrogen) atoms. The second-order valence-corrected chi connectivity index (χ2v) is 6.40. The van der Waals surface area contributed by atoms with E-state index in [0.717, 1.165) is 0 Å². The summed E-state index contributed by atoms with van der Waals surface area (Å²) in [5.41, 5.74) is 0. The van der Waals surface area contributed by atoms with Crippen molar-refractivity contribution in [3.8, 4) is 0 Å². The molecule has 1 saturated carbocycles. The maximum Gasteiger partial charge on any atom is 1.00 e. The quantitative estimate of drug-likeness (QED) is 0.304. The summed E-state index contributed by atoms with van der Waals surface area (Å²) in [4.78, 5) is 12.2. The van der Waals surface area contributed by atoms with Crippen LogP contribution in [0.3, 0.4) is 0 Å². The highest BCUT2D eigenvalue weighted by Crippen LogP contribution is 2.40. The van der Waals surface area contributed by atoms with E-state index in [2.05, 4.69) is 10.6 Å². The third-order valence-corrected chi connectivity index (χ3v) is 4.93. The van der Waals surface area contributed by atoms with Crippen LogP contribution in [0.15, 0.2) is 0 Å². The van der Waals surface area contributed by atoms with E-state index < -0.39 is 60.5 Å². The molecule has 3 rings (SSSR count). The van der Waals surface area contributed by atoms with Crippen molar-refractivity contribution in [2.75, 3.05) is 14.1 Å². The van der Waals surface area contributed by atoms with Crippen molar-refractivity contribution in [3.63, 3.8) is 0 Å². The lowest BCUT2D eigenvalue weighted by atomic mass is 9.80. The summed E-state index contributed by atoms with van der Waals surface area (Å²) in [5.74, 6) is -2.76. The number of ether oxygens (including phenoxy) is 3. The Balaban J connectivity index is 0. The molecule has 2 saturated heterocycles. The largest absolute Gasteiger partial charge is 1.00 e. The normalized spacial score (nSPS) is 49.3. The molecule has 9 atom stereocenters. The van der Waals surface area contributed by atoms with Gasteiger partial charge in [0.25, 0.3) is 5.79 Å². The number of rotatable bonds is 2. The Kier molecular flexibility index (Phi) is 7.63. The molecule has 0 bridgehead atoms. The maximum atomic E-state index is 12.2. The second kappa shape index (κ2) is 8.30. The predicted molar refractivity (Wildman–Crippen MR) is 78.6 cm³/mol. The fourth-order valence-electron chi connectivity index (χ4n) is 3.68. The Labute approximate surface area is 161 Å². The van der Waals surface area contributed by atoms with Gasteiger partial charge in [-0.2, -0.15) is 0 Å². The number of ketones is 1. The predicted octanol–water partition coefficient (Wildman–Crippen LogP) is -8.69. The minimum Gasteiger partial charge on any atom is -1.00 e. The van der Waals surface area contributed by atoms with Crippen LogP contribution in [0.25, 0.3) is 0 Å². The van der Waals surface area contributed by atoms with Crippen molar-refractivity contribution < 1.29 is 62.0 Å². The molecule has 0 spiro atoms. The van der Waals surface area contributed by atoms with Crippen molar-refractivity contribution >= 4 is 5.78 Å². The van der Waals surface area contributed by atoms with Crippen molar-refractivity contribution in [1.29, 1.82) is 0 Å². The number of hydrogen-bond donors (Lipinski definition) is 5. The molecule has 2 heterocycles. The molecule has 0 aromatic heterocycles. The van der Waals surface area contributed by atoms with Gasteiger partial charge in [0.1, 0.15) is 18.3 Å². The van der Waals surface area contributed by atoms with Crippen LogP contribution in [-0.2, 0) is 19.0 Å². The SMILES string of the molecule is CNC1C(O)C(NC)C2OC3(O)C(=O)CC(C)OC3OC2C1O.[Cl-].[Cl-].[H+].[H+]. The molecule has 5 N–H and O–H groups in total. The Morgan fingerprint density at radius 2 is 1.68 bits per heavy atom. The first-order chi connectivity index (χ1) is 10.8. The van der Waals surface area contributed by atoms with Crippen molar-refractivity contribution in [2.45, 2.75) is 68.0 Å². The summed E-state index contributed by atoms with van der Waals surface area (Å²) in [7, 11) is 3.24. The number of nitrogens with one attached hydrogen (secondary N) is 2. The monoisotopic (exact) mass is 404 g/mol. The smallest absolute Gasteiger partial charge is 1.00 e. The number of Topliss-reactive ketones (excluding diaryl/α,β-unsaturated/α-hetero) is 1. The van der Waals surface area contributed by atoms with E-state index in [-0.39, 0.29) is 34.1 Å². The Bertz CT molecular complexity index is 498. The van der Waals surface area contributed by atoms with Crippen LogP contribution in [0, 0.1) is 0 Å². The number of aliphatic hydroxyl groups is 3. The van der Waals surface area contributed by atoms with Crippen molar-refractivity contribution in [2.24, 2.45) is 0 Å². The van der Waals surface area contributed by atoms with Gasteiger partial charge < -0.3 is 65.0 Å². The molecule has 1 aliphatic carbocycles. The van der Waals surface area contributed by atoms with E-state index in [1.807, 2.05) is 0 Å². The minimum absolute atomic E-state index is 0. The van der Waals surface area contributed by atoms with Crippen molar-refractivity contribution in [3.05, 3.63) is 0 Å². The van der Waals surface area contributed by atoms with Gasteiger partial charge in [-0.3, -0.25) is 4.79 Å². The molecule has 0 amide bonds. The van der Waals surface area contributed by atoms with Crippen LogP contribution in [0.4, 0.5) is 0 Å². The minimum atomic E-state index is -2.23. The van der Waals surface area contributed by atoms with Gasteiger partial charge in [-0.25, -0.2) is 0 Å². The lowest BCUT2D eigenvalue weighted by molar-refractivity contribution is -0.420. The Morgan fingerprint density at radius 3 is 2.24 bits per heavy atom. The number of fused-ring (bicyclic) bond motifs is 2. The standard InChI is InChI=1S/C14H24N2O7.2ClH/c1-5-4-6(17)14(20)13(21-5)22-12-10(19)7(15-2)9(18)8(16-3)11(12)23-14;;/h5,7-13,15-16,18-20H,4H2,1-3H3;2*1H. The number of aliphatic hydroxyl groups excluding tert-OH is 2. The molecule has 2 aliphatic heterocycles. The summed E-state index contributed by atoms with van der Waals surface area (Å²) < 4.78 is 16.8.